The monoisotopic (exact) mass is 453 g/mol. The van der Waals surface area contributed by atoms with E-state index in [9.17, 15) is 14.7 Å². The van der Waals surface area contributed by atoms with Crippen LogP contribution in [0.3, 0.4) is 0 Å². The number of nitrogens with zero attached hydrogens (tertiary/aromatic N) is 4. The van der Waals surface area contributed by atoms with Gasteiger partial charge in [-0.25, -0.2) is 0 Å². The molecule has 0 unspecified atom stereocenters. The summed E-state index contributed by atoms with van der Waals surface area (Å²) < 4.78 is 1.87. The first kappa shape index (κ1) is 22.8. The van der Waals surface area contributed by atoms with Gasteiger partial charge in [-0.15, -0.1) is 0 Å². The number of aromatic nitrogens is 3. The minimum atomic E-state index is -0.613. The van der Waals surface area contributed by atoms with Crippen LogP contribution >= 0.6 is 0 Å². The van der Waals surface area contributed by atoms with Crippen molar-refractivity contribution in [3.05, 3.63) is 89.6 Å². The number of nitrogens with one attached hydrogen (secondary N) is 1. The molecular weight excluding hydrogens is 430 g/mol. The zero-order chi connectivity index (χ0) is 24.3. The van der Waals surface area contributed by atoms with Crippen molar-refractivity contribution in [2.45, 2.75) is 25.8 Å². The molecule has 170 valence electrons. The van der Waals surface area contributed by atoms with Crippen LogP contribution in [0.4, 0.5) is 5.69 Å². The van der Waals surface area contributed by atoms with E-state index < -0.39 is 5.54 Å². The second-order valence-electron chi connectivity index (χ2n) is 8.60. The molecule has 2 N–H and O–H groups in total. The summed E-state index contributed by atoms with van der Waals surface area (Å²) in [7, 11) is 0. The number of nitriles is 1. The molecule has 0 atom stereocenters. The SMILES string of the molecule is CC(C)(CO)n1cc(C(=O)c2cncc(NC(=O)Cc3ccc(C#N)cc3)c2)c2cnccc21. The van der Waals surface area contributed by atoms with Gasteiger partial charge in [-0.05, 0) is 43.7 Å². The van der Waals surface area contributed by atoms with Gasteiger partial charge in [0.05, 0.1) is 47.6 Å². The maximum Gasteiger partial charge on any atom is 0.228 e. The summed E-state index contributed by atoms with van der Waals surface area (Å²) >= 11 is 0. The molecule has 0 aliphatic heterocycles. The van der Waals surface area contributed by atoms with Crippen molar-refractivity contribution < 1.29 is 14.7 Å². The molecule has 0 bridgehead atoms. The van der Waals surface area contributed by atoms with Crippen molar-refractivity contribution in [3.63, 3.8) is 0 Å². The molecule has 3 aromatic heterocycles. The topological polar surface area (TPSA) is 121 Å². The second kappa shape index (κ2) is 9.25. The molecule has 1 amide bonds. The normalized spacial score (nSPS) is 11.2. The predicted octanol–water partition coefficient (Wildman–Crippen LogP) is 3.44. The molecule has 0 radical (unpaired) electrons. The summed E-state index contributed by atoms with van der Waals surface area (Å²) in [5, 5.41) is 22.2. The molecule has 8 heteroatoms. The maximum atomic E-state index is 13.4. The van der Waals surface area contributed by atoms with Gasteiger partial charge >= 0.3 is 0 Å². The van der Waals surface area contributed by atoms with Crippen molar-refractivity contribution in [1.29, 1.82) is 5.26 Å². The Morgan fingerprint density at radius 1 is 1.12 bits per heavy atom. The van der Waals surface area contributed by atoms with E-state index in [0.717, 1.165) is 11.1 Å². The van der Waals surface area contributed by atoms with Crippen LogP contribution in [0, 0.1) is 11.3 Å². The number of fused-ring (bicyclic) bond motifs is 1. The van der Waals surface area contributed by atoms with Crippen LogP contribution < -0.4 is 5.32 Å². The number of aliphatic hydroxyl groups is 1. The number of pyridine rings is 2. The number of ketones is 1. The number of carbonyl (C=O) groups is 2. The Morgan fingerprint density at radius 3 is 2.59 bits per heavy atom. The van der Waals surface area contributed by atoms with E-state index in [2.05, 4.69) is 15.3 Å². The van der Waals surface area contributed by atoms with E-state index in [4.69, 9.17) is 5.26 Å². The van der Waals surface area contributed by atoms with E-state index >= 15 is 0 Å². The number of carbonyl (C=O) groups excluding carboxylic acids is 2. The number of benzene rings is 1. The average Bonchev–Trinajstić information content (AvgIpc) is 3.25. The number of anilines is 1. The molecule has 3 heterocycles. The van der Waals surface area contributed by atoms with Crippen molar-refractivity contribution in [2.24, 2.45) is 0 Å². The quantitative estimate of drug-likeness (QED) is 0.414. The van der Waals surface area contributed by atoms with Crippen LogP contribution in [-0.4, -0.2) is 37.9 Å². The predicted molar refractivity (Wildman–Crippen MR) is 127 cm³/mol. The van der Waals surface area contributed by atoms with Crippen LogP contribution in [0.2, 0.25) is 0 Å². The first-order chi connectivity index (χ1) is 16.3. The molecule has 0 aliphatic rings. The third-order valence-electron chi connectivity index (χ3n) is 5.62. The van der Waals surface area contributed by atoms with Crippen molar-refractivity contribution in [3.8, 4) is 6.07 Å². The van der Waals surface area contributed by atoms with Gasteiger partial charge in [0, 0.05) is 41.3 Å². The number of hydrogen-bond donors (Lipinski definition) is 2. The molecule has 0 aliphatic carbocycles. The van der Waals surface area contributed by atoms with Gasteiger partial charge in [0.1, 0.15) is 0 Å². The fourth-order valence-corrected chi connectivity index (χ4v) is 3.71. The summed E-state index contributed by atoms with van der Waals surface area (Å²) in [6, 6.07) is 12.2. The lowest BCUT2D eigenvalue weighted by Gasteiger charge is -2.25. The minimum Gasteiger partial charge on any atom is -0.394 e. The van der Waals surface area contributed by atoms with Gasteiger partial charge in [-0.2, -0.15) is 5.26 Å². The third-order valence-corrected chi connectivity index (χ3v) is 5.62. The Balaban J connectivity index is 1.58. The minimum absolute atomic E-state index is 0.102. The van der Waals surface area contributed by atoms with Crippen LogP contribution in [0.25, 0.3) is 10.9 Å². The Labute approximate surface area is 196 Å². The molecule has 8 nitrogen and oxygen atoms in total. The van der Waals surface area contributed by atoms with Gasteiger partial charge in [0.25, 0.3) is 0 Å². The van der Waals surface area contributed by atoms with Crippen LogP contribution in [-0.2, 0) is 16.8 Å². The molecule has 1 aromatic carbocycles. The van der Waals surface area contributed by atoms with E-state index in [0.29, 0.717) is 27.8 Å². The zero-order valence-corrected chi connectivity index (χ0v) is 18.8. The second-order valence-corrected chi connectivity index (χ2v) is 8.60. The molecule has 4 rings (SSSR count). The highest BCUT2D eigenvalue weighted by Crippen LogP contribution is 2.29. The summed E-state index contributed by atoms with van der Waals surface area (Å²) in [6.45, 7) is 3.66. The molecule has 0 spiro atoms. The zero-order valence-electron chi connectivity index (χ0n) is 18.8. The summed E-state index contributed by atoms with van der Waals surface area (Å²) in [6.07, 6.45) is 8.05. The van der Waals surface area contributed by atoms with E-state index in [-0.39, 0.29) is 24.7 Å². The molecule has 0 saturated carbocycles. The van der Waals surface area contributed by atoms with Crippen molar-refractivity contribution in [1.82, 2.24) is 14.5 Å². The van der Waals surface area contributed by atoms with Gasteiger partial charge in [0.15, 0.2) is 5.78 Å². The fraction of sp³-hybridized carbons (Fsp3) is 0.192. The summed E-state index contributed by atoms with van der Waals surface area (Å²) in [5.74, 6) is -0.525. The van der Waals surface area contributed by atoms with Gasteiger partial charge in [-0.1, -0.05) is 12.1 Å². The number of hydrogen-bond acceptors (Lipinski definition) is 6. The number of rotatable bonds is 7. The molecule has 0 saturated heterocycles. The largest absolute Gasteiger partial charge is 0.394 e. The van der Waals surface area contributed by atoms with Gasteiger partial charge < -0.3 is 15.0 Å². The first-order valence-corrected chi connectivity index (χ1v) is 10.7. The number of aliphatic hydroxyl groups excluding tert-OH is 1. The Bertz CT molecular complexity index is 1410. The standard InChI is InChI=1S/C26H23N5O3/c1-26(2,16-32)31-15-22(21-14-28-8-7-23(21)31)25(34)19-10-20(13-29-12-19)30-24(33)9-17-3-5-18(11-27)6-4-17/h3-8,10,12-15,32H,9,16H2,1-2H3,(H,30,33). The maximum absolute atomic E-state index is 13.4. The highest BCUT2D eigenvalue weighted by Gasteiger charge is 2.25. The van der Waals surface area contributed by atoms with Crippen LogP contribution in [0.15, 0.2) is 67.4 Å². The Hall–Kier alpha value is -4.35. The lowest BCUT2D eigenvalue weighted by Crippen LogP contribution is -2.29. The third kappa shape index (κ3) is 4.56. The Morgan fingerprint density at radius 2 is 1.88 bits per heavy atom. The average molecular weight is 454 g/mol. The highest BCUT2D eigenvalue weighted by molar-refractivity contribution is 6.16. The Kier molecular flexibility index (Phi) is 6.21. The lowest BCUT2D eigenvalue weighted by atomic mass is 10.0. The van der Waals surface area contributed by atoms with E-state index in [1.165, 1.54) is 12.4 Å². The highest BCUT2D eigenvalue weighted by atomic mass is 16.3. The fourth-order valence-electron chi connectivity index (χ4n) is 3.71. The van der Waals surface area contributed by atoms with Crippen molar-refractivity contribution >= 4 is 28.3 Å². The summed E-state index contributed by atoms with van der Waals surface area (Å²) in [5.41, 5.74) is 2.63. The van der Waals surface area contributed by atoms with Crippen LogP contribution in [0.5, 0.6) is 0 Å². The smallest absolute Gasteiger partial charge is 0.228 e. The van der Waals surface area contributed by atoms with Gasteiger partial charge in [0.2, 0.25) is 5.91 Å². The van der Waals surface area contributed by atoms with E-state index in [1.54, 1.807) is 48.9 Å². The molecule has 4 aromatic rings. The molecule has 34 heavy (non-hydrogen) atoms. The molecule has 0 fully saturated rings. The van der Waals surface area contributed by atoms with Crippen LogP contribution in [0.1, 0.15) is 40.9 Å². The first-order valence-electron chi connectivity index (χ1n) is 10.7. The lowest BCUT2D eigenvalue weighted by molar-refractivity contribution is -0.115. The van der Waals surface area contributed by atoms with Gasteiger partial charge in [-0.3, -0.25) is 19.6 Å². The molecular formula is C26H23N5O3. The van der Waals surface area contributed by atoms with E-state index in [1.807, 2.05) is 30.6 Å². The summed E-state index contributed by atoms with van der Waals surface area (Å²) in [4.78, 5) is 34.2. The van der Waals surface area contributed by atoms with Crippen molar-refractivity contribution in [2.75, 3.05) is 11.9 Å². The number of amides is 1.